The molecule has 0 heterocycles. The number of hydrogen-bond donors (Lipinski definition) is 0. The SMILES string of the molecule is C#CCCOCCOCCC=O. The summed E-state index contributed by atoms with van der Waals surface area (Å²) in [6, 6.07) is 0. The van der Waals surface area contributed by atoms with Gasteiger partial charge >= 0.3 is 0 Å². The molecule has 0 N–H and O–H groups in total. The Kier molecular flexibility index (Phi) is 9.43. The smallest absolute Gasteiger partial charge is 0.122 e. The van der Waals surface area contributed by atoms with Crippen molar-refractivity contribution < 1.29 is 14.3 Å². The van der Waals surface area contributed by atoms with Crippen LogP contribution in [0.2, 0.25) is 0 Å². The van der Waals surface area contributed by atoms with Crippen LogP contribution in [-0.2, 0) is 14.3 Å². The van der Waals surface area contributed by atoms with Gasteiger partial charge in [0.15, 0.2) is 0 Å². The summed E-state index contributed by atoms with van der Waals surface area (Å²) in [6.45, 7) is 2.12. The topological polar surface area (TPSA) is 35.5 Å². The zero-order valence-electron chi connectivity index (χ0n) is 7.12. The van der Waals surface area contributed by atoms with Crippen molar-refractivity contribution >= 4 is 6.29 Å². The van der Waals surface area contributed by atoms with Gasteiger partial charge in [-0.25, -0.2) is 0 Å². The average molecular weight is 170 g/mol. The van der Waals surface area contributed by atoms with Gasteiger partial charge in [0.25, 0.3) is 0 Å². The number of aldehydes is 1. The van der Waals surface area contributed by atoms with E-state index >= 15 is 0 Å². The third kappa shape index (κ3) is 9.15. The molecule has 0 saturated heterocycles. The molecule has 0 aliphatic heterocycles. The first-order chi connectivity index (χ1) is 5.91. The molecule has 0 bridgehead atoms. The van der Waals surface area contributed by atoms with E-state index in [1.165, 1.54) is 0 Å². The highest BCUT2D eigenvalue weighted by Crippen LogP contribution is 1.82. The maximum absolute atomic E-state index is 9.85. The average Bonchev–Trinajstić information content (AvgIpc) is 2.10. The highest BCUT2D eigenvalue weighted by molar-refractivity contribution is 5.49. The molecule has 0 aromatic carbocycles. The van der Waals surface area contributed by atoms with Crippen LogP contribution in [0.3, 0.4) is 0 Å². The summed E-state index contributed by atoms with van der Waals surface area (Å²) >= 11 is 0. The lowest BCUT2D eigenvalue weighted by molar-refractivity contribution is -0.108. The van der Waals surface area contributed by atoms with Crippen LogP contribution in [0.15, 0.2) is 0 Å². The van der Waals surface area contributed by atoms with E-state index in [2.05, 4.69) is 5.92 Å². The quantitative estimate of drug-likeness (QED) is 0.304. The zero-order valence-corrected chi connectivity index (χ0v) is 7.12. The maximum atomic E-state index is 9.85. The lowest BCUT2D eigenvalue weighted by atomic mass is 10.5. The second kappa shape index (κ2) is 10.2. The van der Waals surface area contributed by atoms with Gasteiger partial charge in [0, 0.05) is 12.8 Å². The normalized spacial score (nSPS) is 9.25. The molecule has 0 fully saturated rings. The highest BCUT2D eigenvalue weighted by atomic mass is 16.5. The predicted molar refractivity (Wildman–Crippen MR) is 45.8 cm³/mol. The van der Waals surface area contributed by atoms with Crippen LogP contribution in [0, 0.1) is 12.3 Å². The molecule has 0 spiro atoms. The van der Waals surface area contributed by atoms with Crippen molar-refractivity contribution in [2.75, 3.05) is 26.4 Å². The van der Waals surface area contributed by atoms with E-state index in [4.69, 9.17) is 15.9 Å². The molecule has 0 aromatic heterocycles. The summed E-state index contributed by atoms with van der Waals surface area (Å²) in [5.74, 6) is 2.47. The lowest BCUT2D eigenvalue weighted by Gasteiger charge is -2.01. The Morgan fingerprint density at radius 3 is 2.42 bits per heavy atom. The molecular weight excluding hydrogens is 156 g/mol. The monoisotopic (exact) mass is 170 g/mol. The van der Waals surface area contributed by atoms with Crippen LogP contribution < -0.4 is 0 Å². The van der Waals surface area contributed by atoms with Gasteiger partial charge < -0.3 is 14.3 Å². The van der Waals surface area contributed by atoms with Crippen molar-refractivity contribution in [2.24, 2.45) is 0 Å². The molecule has 0 aliphatic rings. The number of rotatable bonds is 8. The summed E-state index contributed by atoms with van der Waals surface area (Å²) < 4.78 is 10.1. The molecular formula is C9H14O3. The van der Waals surface area contributed by atoms with E-state index < -0.39 is 0 Å². The van der Waals surface area contributed by atoms with Crippen molar-refractivity contribution in [3.05, 3.63) is 0 Å². The van der Waals surface area contributed by atoms with E-state index in [0.717, 1.165) is 6.29 Å². The number of carbonyl (C=O) groups is 1. The van der Waals surface area contributed by atoms with Gasteiger partial charge in [-0.2, -0.15) is 0 Å². The molecule has 0 unspecified atom stereocenters. The third-order valence-electron chi connectivity index (χ3n) is 1.14. The lowest BCUT2D eigenvalue weighted by Crippen LogP contribution is -2.06. The minimum Gasteiger partial charge on any atom is -0.379 e. The van der Waals surface area contributed by atoms with Crippen LogP contribution >= 0.6 is 0 Å². The molecule has 3 heteroatoms. The molecule has 0 rings (SSSR count). The molecule has 3 nitrogen and oxygen atoms in total. The van der Waals surface area contributed by atoms with E-state index in [9.17, 15) is 4.79 Å². The van der Waals surface area contributed by atoms with Crippen molar-refractivity contribution in [3.63, 3.8) is 0 Å². The van der Waals surface area contributed by atoms with E-state index in [0.29, 0.717) is 39.3 Å². The maximum Gasteiger partial charge on any atom is 0.122 e. The van der Waals surface area contributed by atoms with Crippen molar-refractivity contribution in [3.8, 4) is 12.3 Å². The Morgan fingerprint density at radius 1 is 1.17 bits per heavy atom. The zero-order chi connectivity index (χ0) is 9.07. The van der Waals surface area contributed by atoms with Crippen molar-refractivity contribution in [1.82, 2.24) is 0 Å². The minimum atomic E-state index is 0.449. The summed E-state index contributed by atoms with van der Waals surface area (Å²) in [5.41, 5.74) is 0. The van der Waals surface area contributed by atoms with Crippen LogP contribution in [0.25, 0.3) is 0 Å². The molecule has 0 atom stereocenters. The fraction of sp³-hybridized carbons (Fsp3) is 0.667. The van der Waals surface area contributed by atoms with Gasteiger partial charge in [-0.15, -0.1) is 12.3 Å². The van der Waals surface area contributed by atoms with Crippen LogP contribution in [0.4, 0.5) is 0 Å². The van der Waals surface area contributed by atoms with Crippen LogP contribution in [0.5, 0.6) is 0 Å². The van der Waals surface area contributed by atoms with Gasteiger partial charge in [0.2, 0.25) is 0 Å². The largest absolute Gasteiger partial charge is 0.379 e. The second-order valence-corrected chi connectivity index (χ2v) is 2.13. The van der Waals surface area contributed by atoms with Crippen LogP contribution in [0.1, 0.15) is 12.8 Å². The van der Waals surface area contributed by atoms with Gasteiger partial charge in [-0.05, 0) is 0 Å². The van der Waals surface area contributed by atoms with Gasteiger partial charge in [-0.3, -0.25) is 0 Å². The molecule has 0 amide bonds. The summed E-state index contributed by atoms with van der Waals surface area (Å²) in [4.78, 5) is 9.85. The van der Waals surface area contributed by atoms with Gasteiger partial charge in [-0.1, -0.05) is 0 Å². The Hall–Kier alpha value is -0.850. The first kappa shape index (κ1) is 11.2. The van der Waals surface area contributed by atoms with E-state index in [1.807, 2.05) is 0 Å². The Balaban J connectivity index is 2.82. The summed E-state index contributed by atoms with van der Waals surface area (Å²) in [5, 5.41) is 0. The Morgan fingerprint density at radius 2 is 1.83 bits per heavy atom. The fourth-order valence-corrected chi connectivity index (χ4v) is 0.585. The Bertz CT molecular complexity index is 137. The molecule has 68 valence electrons. The predicted octanol–water partition coefficient (Wildman–Crippen LogP) is 0.632. The van der Waals surface area contributed by atoms with Gasteiger partial charge in [0.1, 0.15) is 6.29 Å². The summed E-state index contributed by atoms with van der Waals surface area (Å²) in [6.07, 6.45) is 6.92. The number of ether oxygens (including phenoxy) is 2. The summed E-state index contributed by atoms with van der Waals surface area (Å²) in [7, 11) is 0. The first-order valence-electron chi connectivity index (χ1n) is 3.94. The molecule has 0 radical (unpaired) electrons. The number of hydrogen-bond acceptors (Lipinski definition) is 3. The standard InChI is InChI=1S/C9H14O3/c1-2-3-6-11-8-9-12-7-4-5-10/h1,5H,3-4,6-9H2. The number of carbonyl (C=O) groups excluding carboxylic acids is 1. The van der Waals surface area contributed by atoms with E-state index in [1.54, 1.807) is 0 Å². The second-order valence-electron chi connectivity index (χ2n) is 2.13. The van der Waals surface area contributed by atoms with Crippen LogP contribution in [-0.4, -0.2) is 32.7 Å². The highest BCUT2D eigenvalue weighted by Gasteiger charge is 1.88. The minimum absolute atomic E-state index is 0.449. The Labute approximate surface area is 73.0 Å². The molecule has 12 heavy (non-hydrogen) atoms. The molecule has 0 aliphatic carbocycles. The van der Waals surface area contributed by atoms with Crippen molar-refractivity contribution in [1.29, 1.82) is 0 Å². The number of terminal acetylenes is 1. The molecule has 0 aromatic rings. The third-order valence-corrected chi connectivity index (χ3v) is 1.14. The molecule has 0 saturated carbocycles. The van der Waals surface area contributed by atoms with Gasteiger partial charge in [0.05, 0.1) is 26.4 Å². The first-order valence-corrected chi connectivity index (χ1v) is 3.94. The van der Waals surface area contributed by atoms with E-state index in [-0.39, 0.29) is 0 Å². The van der Waals surface area contributed by atoms with Crippen molar-refractivity contribution in [2.45, 2.75) is 12.8 Å². The fourth-order valence-electron chi connectivity index (χ4n) is 0.585.